The van der Waals surface area contributed by atoms with Crippen molar-refractivity contribution in [2.24, 2.45) is 5.92 Å². The van der Waals surface area contributed by atoms with Gasteiger partial charge in [0, 0.05) is 6.20 Å². The minimum atomic E-state index is -4.98. The fourth-order valence-electron chi connectivity index (χ4n) is 1.19. The maximum Gasteiger partial charge on any atom is 0.511 e. The van der Waals surface area contributed by atoms with Crippen molar-refractivity contribution in [2.75, 3.05) is 6.61 Å². The van der Waals surface area contributed by atoms with Gasteiger partial charge in [0.1, 0.15) is 5.75 Å². The largest absolute Gasteiger partial charge is 0.511 e. The van der Waals surface area contributed by atoms with E-state index in [0.717, 1.165) is 25.1 Å². The van der Waals surface area contributed by atoms with Gasteiger partial charge in [0.05, 0.1) is 12.8 Å². The standard InChI is InChI=1S/C9H10BF3NO/c11-10(12,13)8-3-9(5-14-4-8)15-6-7-1-2-7/h3-5,7H,1-2,6H2/q-1. The zero-order valence-corrected chi connectivity index (χ0v) is 8.00. The van der Waals surface area contributed by atoms with Gasteiger partial charge in [-0.05, 0) is 24.8 Å². The first-order valence-electron chi connectivity index (χ1n) is 4.83. The van der Waals surface area contributed by atoms with Gasteiger partial charge >= 0.3 is 6.98 Å². The van der Waals surface area contributed by atoms with Crippen LogP contribution in [0.4, 0.5) is 12.9 Å². The molecule has 0 saturated heterocycles. The van der Waals surface area contributed by atoms with E-state index in [4.69, 9.17) is 4.74 Å². The number of aromatic nitrogens is 1. The normalized spacial score (nSPS) is 16.5. The molecule has 0 bridgehead atoms. The molecule has 1 saturated carbocycles. The van der Waals surface area contributed by atoms with Gasteiger partial charge in [-0.2, -0.15) is 0 Å². The lowest BCUT2D eigenvalue weighted by molar-refractivity contribution is 0.298. The Balaban J connectivity index is 2.04. The molecule has 1 aliphatic carbocycles. The molecule has 0 amide bonds. The van der Waals surface area contributed by atoms with Crippen molar-refractivity contribution < 1.29 is 17.7 Å². The van der Waals surface area contributed by atoms with Gasteiger partial charge in [0.25, 0.3) is 0 Å². The van der Waals surface area contributed by atoms with Crippen LogP contribution in [0.1, 0.15) is 12.8 Å². The number of ether oxygens (including phenoxy) is 1. The Morgan fingerprint density at radius 2 is 2.07 bits per heavy atom. The molecule has 1 aromatic rings. The zero-order valence-electron chi connectivity index (χ0n) is 8.00. The molecular weight excluding hydrogens is 206 g/mol. The molecule has 0 unspecified atom stereocenters. The van der Waals surface area contributed by atoms with E-state index >= 15 is 0 Å². The second kappa shape index (κ2) is 3.75. The van der Waals surface area contributed by atoms with Crippen LogP contribution in [0.2, 0.25) is 0 Å². The maximum atomic E-state index is 12.3. The summed E-state index contributed by atoms with van der Waals surface area (Å²) in [5, 5.41) is 0. The number of rotatable bonds is 4. The molecule has 1 fully saturated rings. The highest BCUT2D eigenvalue weighted by atomic mass is 19.4. The number of hydrogen-bond donors (Lipinski definition) is 0. The Hall–Kier alpha value is -1.20. The summed E-state index contributed by atoms with van der Waals surface area (Å²) in [6.45, 7) is -4.49. The third-order valence-corrected chi connectivity index (χ3v) is 2.29. The van der Waals surface area contributed by atoms with Crippen molar-refractivity contribution in [3.8, 4) is 5.75 Å². The minimum absolute atomic E-state index is 0.207. The van der Waals surface area contributed by atoms with Crippen LogP contribution in [-0.4, -0.2) is 18.6 Å². The first-order chi connectivity index (χ1) is 7.05. The van der Waals surface area contributed by atoms with E-state index < -0.39 is 12.4 Å². The highest BCUT2D eigenvalue weighted by Crippen LogP contribution is 2.29. The summed E-state index contributed by atoms with van der Waals surface area (Å²) < 4.78 is 42.3. The summed E-state index contributed by atoms with van der Waals surface area (Å²) in [6.07, 6.45) is 4.35. The van der Waals surface area contributed by atoms with E-state index in [1.165, 1.54) is 6.20 Å². The molecule has 0 radical (unpaired) electrons. The van der Waals surface area contributed by atoms with Crippen LogP contribution >= 0.6 is 0 Å². The lowest BCUT2D eigenvalue weighted by atomic mass is 9.81. The molecule has 0 aliphatic heterocycles. The second-order valence-corrected chi connectivity index (χ2v) is 3.78. The Labute approximate surface area is 85.5 Å². The van der Waals surface area contributed by atoms with Crippen LogP contribution in [-0.2, 0) is 0 Å². The molecule has 0 spiro atoms. The van der Waals surface area contributed by atoms with Crippen LogP contribution < -0.4 is 10.2 Å². The van der Waals surface area contributed by atoms with Gasteiger partial charge in [-0.1, -0.05) is 5.46 Å². The van der Waals surface area contributed by atoms with Gasteiger partial charge in [0.2, 0.25) is 0 Å². The first-order valence-corrected chi connectivity index (χ1v) is 4.83. The molecule has 0 N–H and O–H groups in total. The predicted octanol–water partition coefficient (Wildman–Crippen LogP) is 1.92. The maximum absolute atomic E-state index is 12.3. The summed E-state index contributed by atoms with van der Waals surface area (Å²) in [6, 6.07) is 1.01. The summed E-state index contributed by atoms with van der Waals surface area (Å²) in [7, 11) is 0. The topological polar surface area (TPSA) is 22.1 Å². The summed E-state index contributed by atoms with van der Waals surface area (Å²) in [5.74, 6) is 0.726. The third kappa shape index (κ3) is 2.87. The predicted molar refractivity (Wildman–Crippen MR) is 51.2 cm³/mol. The van der Waals surface area contributed by atoms with E-state index in [-0.39, 0.29) is 5.75 Å². The minimum Gasteiger partial charge on any atom is -0.492 e. The molecule has 15 heavy (non-hydrogen) atoms. The van der Waals surface area contributed by atoms with E-state index in [2.05, 4.69) is 4.98 Å². The number of halogens is 3. The van der Waals surface area contributed by atoms with Crippen LogP contribution in [0, 0.1) is 5.92 Å². The molecule has 2 nitrogen and oxygen atoms in total. The molecule has 2 rings (SSSR count). The van der Waals surface area contributed by atoms with Crippen molar-refractivity contribution in [1.29, 1.82) is 0 Å². The van der Waals surface area contributed by atoms with Gasteiger partial charge in [-0.3, -0.25) is 4.98 Å². The molecular formula is C9H10BF3NO-. The van der Waals surface area contributed by atoms with E-state index in [1.807, 2.05) is 0 Å². The zero-order chi connectivity index (χ0) is 10.9. The average Bonchev–Trinajstić information content (AvgIpc) is 2.97. The van der Waals surface area contributed by atoms with Crippen molar-refractivity contribution in [3.63, 3.8) is 0 Å². The monoisotopic (exact) mass is 216 g/mol. The van der Waals surface area contributed by atoms with E-state index in [9.17, 15) is 12.9 Å². The summed E-state index contributed by atoms with van der Waals surface area (Å²) in [5.41, 5.74) is -0.705. The second-order valence-electron chi connectivity index (χ2n) is 3.78. The van der Waals surface area contributed by atoms with Gasteiger partial charge < -0.3 is 17.7 Å². The quantitative estimate of drug-likeness (QED) is 0.717. The lowest BCUT2D eigenvalue weighted by Crippen LogP contribution is -2.34. The Morgan fingerprint density at radius 1 is 1.33 bits per heavy atom. The Kier molecular flexibility index (Phi) is 2.58. The van der Waals surface area contributed by atoms with Crippen LogP contribution in [0.25, 0.3) is 0 Å². The molecule has 1 aromatic heterocycles. The fraction of sp³-hybridized carbons (Fsp3) is 0.444. The smallest absolute Gasteiger partial charge is 0.492 e. The molecule has 6 heteroatoms. The van der Waals surface area contributed by atoms with Gasteiger partial charge in [-0.25, -0.2) is 0 Å². The third-order valence-electron chi connectivity index (χ3n) is 2.29. The van der Waals surface area contributed by atoms with Crippen LogP contribution in [0.15, 0.2) is 18.5 Å². The average molecular weight is 216 g/mol. The molecule has 1 aliphatic rings. The van der Waals surface area contributed by atoms with Crippen molar-refractivity contribution in [3.05, 3.63) is 18.5 Å². The molecule has 82 valence electrons. The molecule has 0 atom stereocenters. The molecule has 0 aromatic carbocycles. The Bertz CT molecular complexity index is 351. The fourth-order valence-corrected chi connectivity index (χ4v) is 1.19. The Morgan fingerprint density at radius 3 is 2.67 bits per heavy atom. The van der Waals surface area contributed by atoms with Crippen molar-refractivity contribution >= 4 is 12.4 Å². The van der Waals surface area contributed by atoms with E-state index in [0.29, 0.717) is 12.5 Å². The van der Waals surface area contributed by atoms with Crippen molar-refractivity contribution in [1.82, 2.24) is 4.98 Å². The highest BCUT2D eigenvalue weighted by molar-refractivity contribution is 6.73. The first kappa shape index (κ1) is 10.3. The van der Waals surface area contributed by atoms with Crippen LogP contribution in [0.5, 0.6) is 5.75 Å². The highest BCUT2D eigenvalue weighted by Gasteiger charge is 2.26. The lowest BCUT2D eigenvalue weighted by Gasteiger charge is -2.15. The summed E-state index contributed by atoms with van der Waals surface area (Å²) >= 11 is 0. The van der Waals surface area contributed by atoms with Gasteiger partial charge in [-0.15, -0.1) is 0 Å². The number of nitrogens with zero attached hydrogens (tertiary/aromatic N) is 1. The van der Waals surface area contributed by atoms with E-state index in [1.54, 1.807) is 0 Å². The van der Waals surface area contributed by atoms with Gasteiger partial charge in [0.15, 0.2) is 0 Å². The van der Waals surface area contributed by atoms with Crippen molar-refractivity contribution in [2.45, 2.75) is 12.8 Å². The SMILES string of the molecule is F[B-](F)(F)c1cncc(OCC2CC2)c1. The number of pyridine rings is 1. The molecule has 1 heterocycles. The van der Waals surface area contributed by atoms with Crippen LogP contribution in [0.3, 0.4) is 0 Å². The number of hydrogen-bond acceptors (Lipinski definition) is 2. The summed E-state index contributed by atoms with van der Waals surface area (Å²) in [4.78, 5) is 3.52.